The molecule has 1 saturated carbocycles. The summed E-state index contributed by atoms with van der Waals surface area (Å²) in [6.45, 7) is 2.99. The normalized spacial score (nSPS) is 18.8. The standard InChI is InChI=1S/C19H25N5.HI/c1-20-18(23-13-11-19(15-23)9-5-10-19)21-14-16-8-12-24(22-16)17-6-3-2-4-7-17;/h2-4,6-8,12H,5,9-11,13-15H2,1H3,(H,20,21);1H. The second-order valence-corrected chi connectivity index (χ2v) is 7.01. The summed E-state index contributed by atoms with van der Waals surface area (Å²) in [4.78, 5) is 6.88. The van der Waals surface area contributed by atoms with Gasteiger partial charge in [0.05, 0.1) is 17.9 Å². The van der Waals surface area contributed by atoms with E-state index in [0.29, 0.717) is 12.0 Å². The van der Waals surface area contributed by atoms with Gasteiger partial charge in [-0.15, -0.1) is 24.0 Å². The Morgan fingerprint density at radius 2 is 2.00 bits per heavy atom. The van der Waals surface area contributed by atoms with Crippen molar-refractivity contribution in [1.29, 1.82) is 0 Å². The second kappa shape index (κ2) is 7.76. The van der Waals surface area contributed by atoms with Gasteiger partial charge in [-0.3, -0.25) is 4.99 Å². The van der Waals surface area contributed by atoms with Crippen LogP contribution < -0.4 is 5.32 Å². The average Bonchev–Trinajstić information content (AvgIpc) is 3.23. The molecule has 1 aliphatic carbocycles. The van der Waals surface area contributed by atoms with Crippen molar-refractivity contribution in [2.75, 3.05) is 20.1 Å². The van der Waals surface area contributed by atoms with Gasteiger partial charge in [0.1, 0.15) is 0 Å². The molecule has 2 fully saturated rings. The Bertz CT molecular complexity index is 720. The van der Waals surface area contributed by atoms with Gasteiger partial charge in [0.2, 0.25) is 0 Å². The lowest BCUT2D eigenvalue weighted by atomic mass is 9.68. The van der Waals surface area contributed by atoms with E-state index in [9.17, 15) is 0 Å². The van der Waals surface area contributed by atoms with Crippen LogP contribution in [0.1, 0.15) is 31.4 Å². The van der Waals surface area contributed by atoms with Crippen molar-refractivity contribution in [3.63, 3.8) is 0 Å². The van der Waals surface area contributed by atoms with Crippen molar-refractivity contribution >= 4 is 29.9 Å². The minimum Gasteiger partial charge on any atom is -0.351 e. The number of para-hydroxylation sites is 1. The molecule has 2 aromatic rings. The molecular weight excluding hydrogens is 425 g/mol. The van der Waals surface area contributed by atoms with Crippen molar-refractivity contribution in [2.24, 2.45) is 10.4 Å². The number of halogens is 1. The third kappa shape index (κ3) is 3.83. The van der Waals surface area contributed by atoms with Gasteiger partial charge in [-0.1, -0.05) is 24.6 Å². The average molecular weight is 451 g/mol. The van der Waals surface area contributed by atoms with Crippen LogP contribution in [0.25, 0.3) is 5.69 Å². The van der Waals surface area contributed by atoms with Crippen LogP contribution in [0.15, 0.2) is 47.6 Å². The quantitative estimate of drug-likeness (QED) is 0.442. The molecule has 1 aliphatic heterocycles. The van der Waals surface area contributed by atoms with Crippen LogP contribution in [-0.4, -0.2) is 40.8 Å². The van der Waals surface area contributed by atoms with Crippen LogP contribution in [-0.2, 0) is 6.54 Å². The molecule has 5 nitrogen and oxygen atoms in total. The van der Waals surface area contributed by atoms with E-state index in [4.69, 9.17) is 0 Å². The number of aliphatic imine (C=N–C) groups is 1. The Morgan fingerprint density at radius 1 is 1.20 bits per heavy atom. The Balaban J connectivity index is 0.00000182. The van der Waals surface area contributed by atoms with Gasteiger partial charge in [0, 0.05) is 26.3 Å². The molecular formula is C19H26IN5. The lowest BCUT2D eigenvalue weighted by molar-refractivity contribution is 0.151. The van der Waals surface area contributed by atoms with E-state index in [1.165, 1.54) is 25.7 Å². The summed E-state index contributed by atoms with van der Waals surface area (Å²) in [5.74, 6) is 1.01. The zero-order chi connectivity index (χ0) is 16.4. The van der Waals surface area contributed by atoms with Crippen LogP contribution in [0.3, 0.4) is 0 Å². The molecule has 1 saturated heterocycles. The molecule has 2 aliphatic rings. The van der Waals surface area contributed by atoms with Crippen LogP contribution in [0, 0.1) is 5.41 Å². The zero-order valence-corrected chi connectivity index (χ0v) is 17.0. The van der Waals surface area contributed by atoms with Gasteiger partial charge in [-0.2, -0.15) is 5.10 Å². The molecule has 0 atom stereocenters. The molecule has 0 unspecified atom stereocenters. The maximum absolute atomic E-state index is 4.65. The maximum atomic E-state index is 4.65. The van der Waals surface area contributed by atoms with E-state index in [1.54, 1.807) is 0 Å². The van der Waals surface area contributed by atoms with Crippen molar-refractivity contribution in [3.8, 4) is 5.69 Å². The first-order chi connectivity index (χ1) is 11.8. The lowest BCUT2D eigenvalue weighted by Crippen LogP contribution is -2.42. The third-order valence-corrected chi connectivity index (χ3v) is 5.46. The van der Waals surface area contributed by atoms with E-state index >= 15 is 0 Å². The summed E-state index contributed by atoms with van der Waals surface area (Å²) in [7, 11) is 1.87. The molecule has 4 rings (SSSR count). The molecule has 6 heteroatoms. The first kappa shape index (κ1) is 18.2. The van der Waals surface area contributed by atoms with E-state index in [-0.39, 0.29) is 24.0 Å². The highest BCUT2D eigenvalue weighted by atomic mass is 127. The van der Waals surface area contributed by atoms with Crippen LogP contribution in [0.4, 0.5) is 0 Å². The smallest absolute Gasteiger partial charge is 0.193 e. The van der Waals surface area contributed by atoms with Gasteiger partial charge in [-0.05, 0) is 42.9 Å². The van der Waals surface area contributed by atoms with E-state index in [0.717, 1.165) is 30.4 Å². The predicted molar refractivity (Wildman–Crippen MR) is 112 cm³/mol. The van der Waals surface area contributed by atoms with Crippen molar-refractivity contribution in [2.45, 2.75) is 32.2 Å². The zero-order valence-electron chi connectivity index (χ0n) is 14.7. The number of benzene rings is 1. The predicted octanol–water partition coefficient (Wildman–Crippen LogP) is 3.44. The summed E-state index contributed by atoms with van der Waals surface area (Å²) in [5, 5.41) is 8.13. The fraction of sp³-hybridized carbons (Fsp3) is 0.474. The molecule has 134 valence electrons. The van der Waals surface area contributed by atoms with Gasteiger partial charge >= 0.3 is 0 Å². The minimum absolute atomic E-state index is 0. The van der Waals surface area contributed by atoms with E-state index < -0.39 is 0 Å². The SMILES string of the molecule is CN=C(NCc1ccn(-c2ccccc2)n1)N1CCC2(CCC2)C1.I. The minimum atomic E-state index is 0. The molecule has 1 aromatic carbocycles. The number of nitrogens with zero attached hydrogens (tertiary/aromatic N) is 4. The summed E-state index contributed by atoms with van der Waals surface area (Å²) < 4.78 is 1.92. The van der Waals surface area contributed by atoms with Gasteiger partial charge < -0.3 is 10.2 Å². The molecule has 2 heterocycles. The van der Waals surface area contributed by atoms with Crippen LogP contribution in [0.2, 0.25) is 0 Å². The Morgan fingerprint density at radius 3 is 2.64 bits per heavy atom. The molecule has 1 spiro atoms. The summed E-state index contributed by atoms with van der Waals surface area (Å²) in [6, 6.07) is 12.3. The lowest BCUT2D eigenvalue weighted by Gasteiger charge is -2.38. The van der Waals surface area contributed by atoms with Crippen molar-refractivity contribution in [1.82, 2.24) is 20.0 Å². The second-order valence-electron chi connectivity index (χ2n) is 7.01. The fourth-order valence-electron chi connectivity index (χ4n) is 3.88. The number of rotatable bonds is 3. The molecule has 0 amide bonds. The third-order valence-electron chi connectivity index (χ3n) is 5.46. The Hall–Kier alpha value is -1.57. The van der Waals surface area contributed by atoms with E-state index in [1.807, 2.05) is 36.1 Å². The number of hydrogen-bond acceptors (Lipinski definition) is 2. The van der Waals surface area contributed by atoms with Gasteiger partial charge in [-0.25, -0.2) is 4.68 Å². The van der Waals surface area contributed by atoms with Crippen molar-refractivity contribution < 1.29 is 0 Å². The monoisotopic (exact) mass is 451 g/mol. The van der Waals surface area contributed by atoms with E-state index in [2.05, 4.69) is 38.5 Å². The fourth-order valence-corrected chi connectivity index (χ4v) is 3.88. The number of guanidine groups is 1. The number of likely N-dealkylation sites (tertiary alicyclic amines) is 1. The number of nitrogens with one attached hydrogen (secondary N) is 1. The highest BCUT2D eigenvalue weighted by Crippen LogP contribution is 2.47. The summed E-state index contributed by atoms with van der Waals surface area (Å²) >= 11 is 0. The highest BCUT2D eigenvalue weighted by Gasteiger charge is 2.43. The van der Waals surface area contributed by atoms with Gasteiger partial charge in [0.25, 0.3) is 0 Å². The Labute approximate surface area is 166 Å². The first-order valence-corrected chi connectivity index (χ1v) is 8.84. The molecule has 0 bridgehead atoms. The highest BCUT2D eigenvalue weighted by molar-refractivity contribution is 14.0. The van der Waals surface area contributed by atoms with Crippen molar-refractivity contribution in [3.05, 3.63) is 48.3 Å². The molecule has 0 radical (unpaired) electrons. The first-order valence-electron chi connectivity index (χ1n) is 8.84. The van der Waals surface area contributed by atoms with Crippen LogP contribution in [0.5, 0.6) is 0 Å². The maximum Gasteiger partial charge on any atom is 0.193 e. The molecule has 25 heavy (non-hydrogen) atoms. The summed E-state index contributed by atoms with van der Waals surface area (Å²) in [6.07, 6.45) is 7.51. The largest absolute Gasteiger partial charge is 0.351 e. The number of hydrogen-bond donors (Lipinski definition) is 1. The van der Waals surface area contributed by atoms with Gasteiger partial charge in [0.15, 0.2) is 5.96 Å². The molecule has 1 N–H and O–H groups in total. The summed E-state index contributed by atoms with van der Waals surface area (Å²) in [5.41, 5.74) is 2.70. The molecule has 1 aromatic heterocycles. The number of aromatic nitrogens is 2. The van der Waals surface area contributed by atoms with Crippen LogP contribution >= 0.6 is 24.0 Å². The Kier molecular flexibility index (Phi) is 5.66. The topological polar surface area (TPSA) is 45.5 Å².